The third-order valence-electron chi connectivity index (χ3n) is 3.00. The first-order chi connectivity index (χ1) is 10.1. The van der Waals surface area contributed by atoms with E-state index in [-0.39, 0.29) is 12.5 Å². The van der Waals surface area contributed by atoms with Crippen LogP contribution in [0.1, 0.15) is 11.3 Å². The number of hydrogen-bond donors (Lipinski definition) is 2. The van der Waals surface area contributed by atoms with Crippen LogP contribution >= 0.6 is 0 Å². The molecule has 0 fully saturated rings. The first-order valence-electron chi connectivity index (χ1n) is 6.39. The lowest BCUT2D eigenvalue weighted by molar-refractivity contribution is 0.283. The van der Waals surface area contributed by atoms with Crippen LogP contribution in [0.5, 0.6) is 5.75 Å². The molecule has 0 amide bonds. The van der Waals surface area contributed by atoms with Crippen molar-refractivity contribution < 1.29 is 9.47 Å². The molecule has 0 unspecified atom stereocenters. The van der Waals surface area contributed by atoms with Crippen molar-refractivity contribution in [3.8, 4) is 5.75 Å². The number of nitrogens with one attached hydrogen (secondary N) is 1. The van der Waals surface area contributed by atoms with Crippen molar-refractivity contribution in [1.82, 2.24) is 9.55 Å². The number of para-hydroxylation sites is 1. The second kappa shape index (κ2) is 6.60. The van der Waals surface area contributed by atoms with Crippen LogP contribution in [0.25, 0.3) is 5.70 Å². The van der Waals surface area contributed by atoms with E-state index in [0.29, 0.717) is 11.4 Å². The minimum absolute atomic E-state index is 0.0143. The lowest BCUT2D eigenvalue weighted by Crippen LogP contribution is -2.07. The number of aromatic nitrogens is 2. The molecule has 110 valence electrons. The Hall–Kier alpha value is -2.76. The summed E-state index contributed by atoms with van der Waals surface area (Å²) in [5, 5.41) is 7.82. The van der Waals surface area contributed by atoms with Crippen LogP contribution in [-0.4, -0.2) is 22.6 Å². The highest BCUT2D eigenvalue weighted by molar-refractivity contribution is 5.93. The normalized spacial score (nSPS) is 11.2. The highest BCUT2D eigenvalue weighted by atomic mass is 16.5. The molecule has 1 heterocycles. The first kappa shape index (κ1) is 14.6. The third-order valence-corrected chi connectivity index (χ3v) is 3.00. The molecule has 3 N–H and O–H groups in total. The monoisotopic (exact) mass is 286 g/mol. The summed E-state index contributed by atoms with van der Waals surface area (Å²) in [5.74, 6) is 0.644. The standard InChI is InChI=1S/C15H18N4O2/c1-19-10-18-8-11(19)9-21-15(17)7-13(16)12-5-3-4-6-14(12)20-2/h3-8,10,17H,9,16H2,1-2H3/b13-7-,17-15?. The highest BCUT2D eigenvalue weighted by Gasteiger charge is 2.06. The predicted octanol–water partition coefficient (Wildman–Crippen LogP) is 1.92. The van der Waals surface area contributed by atoms with E-state index in [1.54, 1.807) is 19.6 Å². The van der Waals surface area contributed by atoms with Gasteiger partial charge in [-0.05, 0) is 12.1 Å². The number of nitrogens with zero attached hydrogens (tertiary/aromatic N) is 2. The van der Waals surface area contributed by atoms with E-state index >= 15 is 0 Å². The van der Waals surface area contributed by atoms with E-state index in [2.05, 4.69) is 4.98 Å². The Kier molecular flexibility index (Phi) is 4.61. The highest BCUT2D eigenvalue weighted by Crippen LogP contribution is 2.22. The molecule has 21 heavy (non-hydrogen) atoms. The predicted molar refractivity (Wildman–Crippen MR) is 80.9 cm³/mol. The number of hydrogen-bond acceptors (Lipinski definition) is 5. The zero-order valence-corrected chi connectivity index (χ0v) is 12.0. The van der Waals surface area contributed by atoms with E-state index in [4.69, 9.17) is 20.6 Å². The molecule has 0 bridgehead atoms. The summed E-state index contributed by atoms with van der Waals surface area (Å²) in [5.41, 5.74) is 8.02. The lowest BCUT2D eigenvalue weighted by Gasteiger charge is -2.09. The molecule has 0 atom stereocenters. The first-order valence-corrected chi connectivity index (χ1v) is 6.39. The summed E-state index contributed by atoms with van der Waals surface area (Å²) in [6.07, 6.45) is 4.84. The second-order valence-electron chi connectivity index (χ2n) is 4.45. The number of ether oxygens (including phenoxy) is 2. The fraction of sp³-hybridized carbons (Fsp3) is 0.200. The number of benzene rings is 1. The summed E-state index contributed by atoms with van der Waals surface area (Å²) >= 11 is 0. The molecule has 0 radical (unpaired) electrons. The van der Waals surface area contributed by atoms with Crippen molar-refractivity contribution in [3.05, 3.63) is 54.1 Å². The van der Waals surface area contributed by atoms with Gasteiger partial charge >= 0.3 is 0 Å². The Bertz CT molecular complexity index is 661. The van der Waals surface area contributed by atoms with Crippen LogP contribution in [0.3, 0.4) is 0 Å². The summed E-state index contributed by atoms with van der Waals surface area (Å²) in [4.78, 5) is 3.99. The number of imidazole rings is 1. The van der Waals surface area contributed by atoms with Crippen LogP contribution in [0, 0.1) is 5.41 Å². The molecule has 6 heteroatoms. The number of methoxy groups -OCH3 is 1. The van der Waals surface area contributed by atoms with Crippen molar-refractivity contribution in [2.45, 2.75) is 6.61 Å². The van der Waals surface area contributed by atoms with Crippen molar-refractivity contribution in [2.75, 3.05) is 7.11 Å². The third kappa shape index (κ3) is 3.62. The van der Waals surface area contributed by atoms with E-state index in [1.807, 2.05) is 35.9 Å². The zero-order chi connectivity index (χ0) is 15.2. The Morgan fingerprint density at radius 2 is 2.19 bits per heavy atom. The van der Waals surface area contributed by atoms with Crippen LogP contribution < -0.4 is 10.5 Å². The van der Waals surface area contributed by atoms with E-state index in [1.165, 1.54) is 6.08 Å². The summed E-state index contributed by atoms with van der Waals surface area (Å²) in [7, 11) is 3.45. The van der Waals surface area contributed by atoms with Crippen LogP contribution in [-0.2, 0) is 18.4 Å². The van der Waals surface area contributed by atoms with Crippen molar-refractivity contribution in [3.63, 3.8) is 0 Å². The van der Waals surface area contributed by atoms with Gasteiger partial charge in [-0.25, -0.2) is 4.98 Å². The van der Waals surface area contributed by atoms with Crippen LogP contribution in [0.2, 0.25) is 0 Å². The maximum absolute atomic E-state index is 7.82. The molecule has 1 aromatic heterocycles. The second-order valence-corrected chi connectivity index (χ2v) is 4.45. The maximum atomic E-state index is 7.82. The van der Waals surface area contributed by atoms with Gasteiger partial charge in [0.15, 0.2) is 0 Å². The van der Waals surface area contributed by atoms with Gasteiger partial charge in [0.2, 0.25) is 5.90 Å². The fourth-order valence-corrected chi connectivity index (χ4v) is 1.82. The molecule has 1 aromatic carbocycles. The topological polar surface area (TPSA) is 86.2 Å². The summed E-state index contributed by atoms with van der Waals surface area (Å²) < 4.78 is 12.4. The van der Waals surface area contributed by atoms with Gasteiger partial charge < -0.3 is 19.8 Å². The SMILES string of the molecule is COc1ccccc1/C(N)=C/C(=N)OCc1cncn1C. The molecule has 2 rings (SSSR count). The average Bonchev–Trinajstić information content (AvgIpc) is 2.90. The molecular weight excluding hydrogens is 268 g/mol. The fourth-order valence-electron chi connectivity index (χ4n) is 1.82. The molecule has 0 saturated heterocycles. The van der Waals surface area contributed by atoms with Gasteiger partial charge in [0.05, 0.1) is 25.3 Å². The molecular formula is C15H18N4O2. The largest absolute Gasteiger partial charge is 0.496 e. The molecule has 6 nitrogen and oxygen atoms in total. The van der Waals surface area contributed by atoms with Crippen LogP contribution in [0.4, 0.5) is 0 Å². The average molecular weight is 286 g/mol. The summed E-state index contributed by atoms with van der Waals surface area (Å²) in [6.45, 7) is 0.269. The molecule has 2 aromatic rings. The Morgan fingerprint density at radius 3 is 2.86 bits per heavy atom. The summed E-state index contributed by atoms with van der Waals surface area (Å²) in [6, 6.07) is 7.37. The van der Waals surface area contributed by atoms with E-state index in [9.17, 15) is 0 Å². The molecule has 0 aliphatic heterocycles. The zero-order valence-electron chi connectivity index (χ0n) is 12.0. The molecule has 0 spiro atoms. The van der Waals surface area contributed by atoms with E-state index in [0.717, 1.165) is 11.3 Å². The van der Waals surface area contributed by atoms with E-state index < -0.39 is 0 Å². The number of rotatable bonds is 5. The molecule has 0 aliphatic carbocycles. The van der Waals surface area contributed by atoms with Gasteiger partial charge in [-0.1, -0.05) is 12.1 Å². The maximum Gasteiger partial charge on any atom is 0.208 e. The lowest BCUT2D eigenvalue weighted by atomic mass is 10.1. The quantitative estimate of drug-likeness (QED) is 0.649. The minimum atomic E-state index is -0.0143. The molecule has 0 saturated carbocycles. The van der Waals surface area contributed by atoms with Crippen LogP contribution in [0.15, 0.2) is 42.9 Å². The number of nitrogens with two attached hydrogens (primary N) is 1. The van der Waals surface area contributed by atoms with Gasteiger partial charge in [-0.3, -0.25) is 5.41 Å². The van der Waals surface area contributed by atoms with Crippen molar-refractivity contribution >= 4 is 11.6 Å². The van der Waals surface area contributed by atoms with Crippen molar-refractivity contribution in [1.29, 1.82) is 5.41 Å². The molecule has 0 aliphatic rings. The number of aryl methyl sites for hydroxylation is 1. The van der Waals surface area contributed by atoms with Crippen molar-refractivity contribution in [2.24, 2.45) is 12.8 Å². The van der Waals surface area contributed by atoms with Gasteiger partial charge in [0.1, 0.15) is 12.4 Å². The smallest absolute Gasteiger partial charge is 0.208 e. The van der Waals surface area contributed by atoms with Gasteiger partial charge in [0.25, 0.3) is 0 Å². The van der Waals surface area contributed by atoms with Gasteiger partial charge in [-0.15, -0.1) is 0 Å². The van der Waals surface area contributed by atoms with Gasteiger partial charge in [0, 0.05) is 24.4 Å². The minimum Gasteiger partial charge on any atom is -0.496 e. The Balaban J connectivity index is 2.04. The Morgan fingerprint density at radius 1 is 1.43 bits per heavy atom. The Labute approximate surface area is 123 Å². The van der Waals surface area contributed by atoms with Gasteiger partial charge in [-0.2, -0.15) is 0 Å².